The van der Waals surface area contributed by atoms with Crippen molar-refractivity contribution >= 4 is 81.4 Å². The first-order chi connectivity index (χ1) is 27.2. The van der Waals surface area contributed by atoms with Gasteiger partial charge in [0.15, 0.2) is 5.82 Å². The molecule has 0 atom stereocenters. The predicted octanol–water partition coefficient (Wildman–Crippen LogP) is 14.4. The van der Waals surface area contributed by atoms with E-state index >= 15 is 0 Å². The van der Waals surface area contributed by atoms with Gasteiger partial charge in [0.05, 0.1) is 15.9 Å². The molecule has 4 nitrogen and oxygen atoms in total. The second-order valence-electron chi connectivity index (χ2n) is 13.8. The molecule has 0 aliphatic rings. The van der Waals surface area contributed by atoms with Gasteiger partial charge in [-0.2, -0.15) is 0 Å². The van der Waals surface area contributed by atoms with Crippen LogP contribution < -0.4 is 4.90 Å². The molecule has 0 N–H and O–H groups in total. The molecule has 0 fully saturated rings. The highest BCUT2D eigenvalue weighted by Crippen LogP contribution is 2.44. The molecular weight excluding hydrogens is 691 g/mol. The molecule has 0 unspecified atom stereocenters. The number of fused-ring (bicyclic) bond motifs is 7. The fourth-order valence-electron chi connectivity index (χ4n) is 7.84. The molecule has 3 heterocycles. The fraction of sp³-hybridized carbons (Fsp3) is 0. The molecule has 0 aliphatic carbocycles. The summed E-state index contributed by atoms with van der Waals surface area (Å²) < 4.78 is 8.87. The zero-order valence-electron chi connectivity index (χ0n) is 29.6. The lowest BCUT2D eigenvalue weighted by atomic mass is 9.97. The van der Waals surface area contributed by atoms with E-state index in [2.05, 4.69) is 175 Å². The van der Waals surface area contributed by atoms with Crippen LogP contribution in [0.3, 0.4) is 0 Å². The summed E-state index contributed by atoms with van der Waals surface area (Å²) in [7, 11) is 0. The Morgan fingerprint density at radius 1 is 0.455 bits per heavy atom. The lowest BCUT2D eigenvalue weighted by Crippen LogP contribution is -2.09. The van der Waals surface area contributed by atoms with Gasteiger partial charge in [-0.3, -0.25) is 0 Å². The molecule has 8 aromatic carbocycles. The van der Waals surface area contributed by atoms with Gasteiger partial charge in [0.1, 0.15) is 11.2 Å². The van der Waals surface area contributed by atoms with E-state index in [1.807, 2.05) is 18.2 Å². The third-order valence-electron chi connectivity index (χ3n) is 10.5. The van der Waals surface area contributed by atoms with Gasteiger partial charge >= 0.3 is 0 Å². The third-order valence-corrected chi connectivity index (χ3v) is 11.6. The van der Waals surface area contributed by atoms with Crippen molar-refractivity contribution in [1.29, 1.82) is 0 Å². The Labute approximate surface area is 321 Å². The van der Waals surface area contributed by atoms with Gasteiger partial charge in [0.2, 0.25) is 0 Å². The van der Waals surface area contributed by atoms with Crippen LogP contribution in [-0.4, -0.2) is 9.97 Å². The zero-order chi connectivity index (χ0) is 36.3. The fourth-order valence-corrected chi connectivity index (χ4v) is 9.00. The largest absolute Gasteiger partial charge is 0.456 e. The van der Waals surface area contributed by atoms with Gasteiger partial charge in [0.25, 0.3) is 0 Å². The Kier molecular flexibility index (Phi) is 7.32. The number of nitrogens with zero attached hydrogens (tertiary/aromatic N) is 3. The highest BCUT2D eigenvalue weighted by molar-refractivity contribution is 7.26. The van der Waals surface area contributed by atoms with Crippen molar-refractivity contribution in [3.8, 4) is 33.8 Å². The molecule has 258 valence electrons. The van der Waals surface area contributed by atoms with E-state index in [-0.39, 0.29) is 0 Å². The Morgan fingerprint density at radius 2 is 1.13 bits per heavy atom. The van der Waals surface area contributed by atoms with Gasteiger partial charge in [0, 0.05) is 49.0 Å². The highest BCUT2D eigenvalue weighted by atomic mass is 32.1. The van der Waals surface area contributed by atoms with Crippen LogP contribution in [0.25, 0.3) is 86.8 Å². The van der Waals surface area contributed by atoms with E-state index in [1.54, 1.807) is 11.3 Å². The van der Waals surface area contributed by atoms with Crippen LogP contribution in [-0.2, 0) is 0 Å². The molecule has 5 heteroatoms. The lowest BCUT2D eigenvalue weighted by molar-refractivity contribution is 0.669. The summed E-state index contributed by atoms with van der Waals surface area (Å²) in [5.74, 6) is 0.677. The Morgan fingerprint density at radius 3 is 1.96 bits per heavy atom. The number of aromatic nitrogens is 2. The predicted molar refractivity (Wildman–Crippen MR) is 231 cm³/mol. The quantitative estimate of drug-likeness (QED) is 0.171. The molecule has 0 radical (unpaired) electrons. The minimum Gasteiger partial charge on any atom is -0.456 e. The summed E-state index contributed by atoms with van der Waals surface area (Å²) in [4.78, 5) is 13.1. The first-order valence-electron chi connectivity index (χ1n) is 18.4. The number of thiophene rings is 1. The van der Waals surface area contributed by atoms with Crippen LogP contribution in [0.4, 0.5) is 17.1 Å². The first-order valence-corrected chi connectivity index (χ1v) is 19.2. The molecule has 0 amide bonds. The second-order valence-corrected chi connectivity index (χ2v) is 14.8. The van der Waals surface area contributed by atoms with Gasteiger partial charge in [-0.1, -0.05) is 127 Å². The average molecular weight is 722 g/mol. The SMILES string of the molecule is c1ccc(-c2nc(-c3cc(-c4ccc(N(c5ccccc5)c5ccc6ccccc6c5)cc4)cc4oc5ccccc5c34)nc3c2sc2ccccc23)cc1. The van der Waals surface area contributed by atoms with Gasteiger partial charge in [-0.05, 0) is 82.6 Å². The van der Waals surface area contributed by atoms with Crippen LogP contribution in [0.15, 0.2) is 192 Å². The minimum atomic E-state index is 0.677. The molecule has 3 aromatic heterocycles. The topological polar surface area (TPSA) is 42.2 Å². The maximum atomic E-state index is 6.59. The first kappa shape index (κ1) is 31.4. The maximum absolute atomic E-state index is 6.59. The van der Waals surface area contributed by atoms with Gasteiger partial charge in [-0.15, -0.1) is 11.3 Å². The van der Waals surface area contributed by atoms with Crippen LogP contribution in [0, 0.1) is 0 Å². The third kappa shape index (κ3) is 5.36. The smallest absolute Gasteiger partial charge is 0.161 e. The molecule has 11 rings (SSSR count). The van der Waals surface area contributed by atoms with Crippen LogP contribution >= 0.6 is 11.3 Å². The normalized spacial score (nSPS) is 11.6. The van der Waals surface area contributed by atoms with Crippen molar-refractivity contribution in [2.75, 3.05) is 4.90 Å². The van der Waals surface area contributed by atoms with E-state index in [9.17, 15) is 0 Å². The van der Waals surface area contributed by atoms with Crippen LogP contribution in [0.5, 0.6) is 0 Å². The minimum absolute atomic E-state index is 0.677. The number of anilines is 3. The summed E-state index contributed by atoms with van der Waals surface area (Å²) in [5.41, 5.74) is 10.9. The van der Waals surface area contributed by atoms with E-state index in [0.717, 1.165) is 82.6 Å². The van der Waals surface area contributed by atoms with Crippen molar-refractivity contribution in [3.05, 3.63) is 188 Å². The van der Waals surface area contributed by atoms with Crippen molar-refractivity contribution < 1.29 is 4.42 Å². The van der Waals surface area contributed by atoms with Crippen LogP contribution in [0.2, 0.25) is 0 Å². The molecular formula is C50H31N3OS. The summed E-state index contributed by atoms with van der Waals surface area (Å²) >= 11 is 1.75. The van der Waals surface area contributed by atoms with E-state index < -0.39 is 0 Å². The van der Waals surface area contributed by atoms with Crippen molar-refractivity contribution in [1.82, 2.24) is 9.97 Å². The maximum Gasteiger partial charge on any atom is 0.161 e. The molecule has 55 heavy (non-hydrogen) atoms. The highest BCUT2D eigenvalue weighted by Gasteiger charge is 2.21. The van der Waals surface area contributed by atoms with Gasteiger partial charge < -0.3 is 9.32 Å². The zero-order valence-corrected chi connectivity index (χ0v) is 30.4. The number of hydrogen-bond donors (Lipinski definition) is 0. The number of benzene rings is 8. The molecule has 0 saturated carbocycles. The molecule has 11 aromatic rings. The van der Waals surface area contributed by atoms with E-state index in [1.165, 1.54) is 15.5 Å². The van der Waals surface area contributed by atoms with Crippen molar-refractivity contribution in [2.45, 2.75) is 0 Å². The summed E-state index contributed by atoms with van der Waals surface area (Å²) in [6, 6.07) is 66.1. The Balaban J connectivity index is 1.10. The summed E-state index contributed by atoms with van der Waals surface area (Å²) in [6.45, 7) is 0. The molecule has 0 aliphatic heterocycles. The average Bonchev–Trinajstić information content (AvgIpc) is 3.82. The molecule has 0 saturated heterocycles. The summed E-state index contributed by atoms with van der Waals surface area (Å²) in [6.07, 6.45) is 0. The van der Waals surface area contributed by atoms with E-state index in [4.69, 9.17) is 14.4 Å². The number of hydrogen-bond acceptors (Lipinski definition) is 5. The van der Waals surface area contributed by atoms with Crippen molar-refractivity contribution in [2.24, 2.45) is 0 Å². The number of furan rings is 1. The number of rotatable bonds is 6. The Bertz CT molecular complexity index is 3200. The van der Waals surface area contributed by atoms with Gasteiger partial charge in [-0.25, -0.2) is 9.97 Å². The summed E-state index contributed by atoms with van der Waals surface area (Å²) in [5, 5.41) is 5.62. The standard InChI is InChI=1S/C50H31N3OS/c1-3-14-34(15-4-1)47-49-48(41-20-10-12-22-45(41)55-49)52-50(51-47)42-30-36(31-44-46(42)40-19-9-11-21-43(40)54-44)33-23-26-38(27-24-33)53(37-17-5-2-6-18-37)39-28-25-32-13-7-8-16-35(32)29-39/h1-31H. The van der Waals surface area contributed by atoms with Crippen molar-refractivity contribution in [3.63, 3.8) is 0 Å². The van der Waals surface area contributed by atoms with E-state index in [0.29, 0.717) is 5.82 Å². The number of para-hydroxylation sites is 2. The van der Waals surface area contributed by atoms with Crippen LogP contribution in [0.1, 0.15) is 0 Å². The lowest BCUT2D eigenvalue weighted by Gasteiger charge is -2.26. The Hall–Kier alpha value is -7.08. The second kappa shape index (κ2) is 12.8. The molecule has 0 bridgehead atoms. The molecule has 0 spiro atoms. The monoisotopic (exact) mass is 721 g/mol.